The van der Waals surface area contributed by atoms with E-state index >= 15 is 0 Å². The predicted octanol–water partition coefficient (Wildman–Crippen LogP) is 2.83. The quantitative estimate of drug-likeness (QED) is 0.881. The molecule has 5 heteroatoms. The van der Waals surface area contributed by atoms with E-state index in [1.54, 1.807) is 6.07 Å². The van der Waals surface area contributed by atoms with E-state index in [9.17, 15) is 9.18 Å². The van der Waals surface area contributed by atoms with Gasteiger partial charge in [-0.05, 0) is 59.9 Å². The summed E-state index contributed by atoms with van der Waals surface area (Å²) in [6.45, 7) is 3.51. The minimum atomic E-state index is -0.363. The van der Waals surface area contributed by atoms with Crippen LogP contribution in [0, 0.1) is 18.7 Å². The number of hydrogen-bond donors (Lipinski definition) is 2. The minimum absolute atomic E-state index is 0.0233. The monoisotopic (exact) mass is 314 g/mol. The highest BCUT2D eigenvalue weighted by atomic mass is 79.9. The van der Waals surface area contributed by atoms with Gasteiger partial charge < -0.3 is 10.6 Å². The highest BCUT2D eigenvalue weighted by Gasteiger charge is 2.21. The lowest BCUT2D eigenvalue weighted by Gasteiger charge is -2.22. The van der Waals surface area contributed by atoms with E-state index in [0.717, 1.165) is 24.9 Å². The smallest absolute Gasteiger partial charge is 0.228 e. The van der Waals surface area contributed by atoms with E-state index < -0.39 is 0 Å². The Labute approximate surface area is 114 Å². The highest BCUT2D eigenvalue weighted by Crippen LogP contribution is 2.24. The SMILES string of the molecule is Cc1cc(Br)c(F)cc1NC(=O)[C@H]1CCCNC1. The summed E-state index contributed by atoms with van der Waals surface area (Å²) in [5.41, 5.74) is 1.40. The number of rotatable bonds is 2. The second-order valence-electron chi connectivity index (χ2n) is 4.61. The Bertz CT molecular complexity index is 459. The fourth-order valence-corrected chi connectivity index (χ4v) is 2.55. The number of carbonyl (C=O) groups excluding carboxylic acids is 1. The molecule has 1 aliphatic heterocycles. The zero-order valence-electron chi connectivity index (χ0n) is 10.2. The molecule has 1 aromatic rings. The molecule has 1 atom stereocenters. The van der Waals surface area contributed by atoms with Gasteiger partial charge in [-0.3, -0.25) is 4.79 Å². The third kappa shape index (κ3) is 3.09. The number of anilines is 1. The summed E-state index contributed by atoms with van der Waals surface area (Å²) in [5, 5.41) is 6.00. The maximum absolute atomic E-state index is 13.4. The van der Waals surface area contributed by atoms with Gasteiger partial charge in [-0.15, -0.1) is 0 Å². The molecule has 98 valence electrons. The number of hydrogen-bond acceptors (Lipinski definition) is 2. The van der Waals surface area contributed by atoms with E-state index in [1.165, 1.54) is 6.07 Å². The first kappa shape index (κ1) is 13.5. The molecule has 1 heterocycles. The number of halogens is 2. The highest BCUT2D eigenvalue weighted by molar-refractivity contribution is 9.10. The van der Waals surface area contributed by atoms with Crippen LogP contribution in [0.2, 0.25) is 0 Å². The summed E-state index contributed by atoms with van der Waals surface area (Å²) in [5.74, 6) is -0.422. The average molecular weight is 315 g/mol. The lowest BCUT2D eigenvalue weighted by Crippen LogP contribution is -2.37. The predicted molar refractivity (Wildman–Crippen MR) is 73.1 cm³/mol. The van der Waals surface area contributed by atoms with Crippen LogP contribution in [0.1, 0.15) is 18.4 Å². The van der Waals surface area contributed by atoms with E-state index in [-0.39, 0.29) is 17.6 Å². The van der Waals surface area contributed by atoms with Crippen LogP contribution < -0.4 is 10.6 Å². The standard InChI is InChI=1S/C13H16BrFN2O/c1-8-5-10(14)11(15)6-12(8)17-13(18)9-3-2-4-16-7-9/h5-6,9,16H,2-4,7H2,1H3,(H,17,18)/t9-/m0/s1. The average Bonchev–Trinajstić information content (AvgIpc) is 2.37. The summed E-state index contributed by atoms with van der Waals surface area (Å²) in [6.07, 6.45) is 1.89. The van der Waals surface area contributed by atoms with Crippen molar-refractivity contribution in [3.8, 4) is 0 Å². The van der Waals surface area contributed by atoms with Crippen molar-refractivity contribution in [2.45, 2.75) is 19.8 Å². The summed E-state index contributed by atoms with van der Waals surface area (Å²) in [7, 11) is 0. The summed E-state index contributed by atoms with van der Waals surface area (Å²) < 4.78 is 13.9. The second-order valence-corrected chi connectivity index (χ2v) is 5.47. The summed E-state index contributed by atoms with van der Waals surface area (Å²) in [6, 6.07) is 3.03. The molecule has 1 aromatic carbocycles. The van der Waals surface area contributed by atoms with Gasteiger partial charge >= 0.3 is 0 Å². The third-order valence-corrected chi connectivity index (χ3v) is 3.80. The Morgan fingerprint density at radius 1 is 1.56 bits per heavy atom. The molecule has 1 fully saturated rings. The number of carbonyl (C=O) groups is 1. The van der Waals surface area contributed by atoms with Crippen LogP contribution in [0.15, 0.2) is 16.6 Å². The fraction of sp³-hybridized carbons (Fsp3) is 0.462. The molecular formula is C13H16BrFN2O. The third-order valence-electron chi connectivity index (χ3n) is 3.19. The number of benzene rings is 1. The molecule has 0 spiro atoms. The molecule has 2 rings (SSSR count). The van der Waals surface area contributed by atoms with E-state index in [4.69, 9.17) is 0 Å². The topological polar surface area (TPSA) is 41.1 Å². The number of amides is 1. The molecule has 3 nitrogen and oxygen atoms in total. The number of aryl methyl sites for hydroxylation is 1. The molecular weight excluding hydrogens is 299 g/mol. The zero-order chi connectivity index (χ0) is 13.1. The van der Waals surface area contributed by atoms with Crippen molar-refractivity contribution < 1.29 is 9.18 Å². The first-order valence-electron chi connectivity index (χ1n) is 6.05. The van der Waals surface area contributed by atoms with Gasteiger partial charge in [0.15, 0.2) is 0 Å². The van der Waals surface area contributed by atoms with Crippen molar-refractivity contribution in [1.82, 2.24) is 5.32 Å². The van der Waals surface area contributed by atoms with Gasteiger partial charge in [-0.2, -0.15) is 0 Å². The first-order valence-corrected chi connectivity index (χ1v) is 6.84. The van der Waals surface area contributed by atoms with Crippen LogP contribution in [-0.4, -0.2) is 19.0 Å². The lowest BCUT2D eigenvalue weighted by atomic mass is 9.98. The molecule has 0 aliphatic carbocycles. The fourth-order valence-electron chi connectivity index (χ4n) is 2.09. The Morgan fingerprint density at radius 2 is 2.33 bits per heavy atom. The van der Waals surface area contributed by atoms with Crippen molar-refractivity contribution in [1.29, 1.82) is 0 Å². The van der Waals surface area contributed by atoms with E-state index in [1.807, 2.05) is 6.92 Å². The van der Waals surface area contributed by atoms with Crippen LogP contribution in [0.3, 0.4) is 0 Å². The number of piperidine rings is 1. The molecule has 1 amide bonds. The largest absolute Gasteiger partial charge is 0.325 e. The molecule has 0 radical (unpaired) electrons. The Balaban J connectivity index is 2.08. The molecule has 0 bridgehead atoms. The van der Waals surface area contributed by atoms with Gasteiger partial charge in [0.2, 0.25) is 5.91 Å². The summed E-state index contributed by atoms with van der Waals surface area (Å²) in [4.78, 5) is 12.0. The van der Waals surface area contributed by atoms with Crippen LogP contribution >= 0.6 is 15.9 Å². The Kier molecular flexibility index (Phi) is 4.35. The molecule has 0 saturated carbocycles. The van der Waals surface area contributed by atoms with Gasteiger partial charge in [0.25, 0.3) is 0 Å². The van der Waals surface area contributed by atoms with Crippen molar-refractivity contribution in [3.63, 3.8) is 0 Å². The van der Waals surface area contributed by atoms with Gasteiger partial charge in [0, 0.05) is 12.2 Å². The van der Waals surface area contributed by atoms with Crippen LogP contribution in [0.4, 0.5) is 10.1 Å². The van der Waals surface area contributed by atoms with Gasteiger partial charge in [0.05, 0.1) is 10.4 Å². The molecule has 0 unspecified atom stereocenters. The minimum Gasteiger partial charge on any atom is -0.325 e. The van der Waals surface area contributed by atoms with Gasteiger partial charge in [-0.1, -0.05) is 0 Å². The molecule has 1 aliphatic rings. The zero-order valence-corrected chi connectivity index (χ0v) is 11.8. The van der Waals surface area contributed by atoms with Gasteiger partial charge in [-0.25, -0.2) is 4.39 Å². The Morgan fingerprint density at radius 3 is 3.00 bits per heavy atom. The molecule has 18 heavy (non-hydrogen) atoms. The van der Waals surface area contributed by atoms with E-state index in [0.29, 0.717) is 16.7 Å². The second kappa shape index (κ2) is 5.80. The Hall–Kier alpha value is -0.940. The molecule has 2 N–H and O–H groups in total. The molecule has 1 saturated heterocycles. The van der Waals surface area contributed by atoms with Crippen LogP contribution in [0.25, 0.3) is 0 Å². The summed E-state index contributed by atoms with van der Waals surface area (Å²) >= 11 is 3.13. The van der Waals surface area contributed by atoms with E-state index in [2.05, 4.69) is 26.6 Å². The number of nitrogens with one attached hydrogen (secondary N) is 2. The van der Waals surface area contributed by atoms with Crippen LogP contribution in [-0.2, 0) is 4.79 Å². The lowest BCUT2D eigenvalue weighted by molar-refractivity contribution is -0.120. The van der Waals surface area contributed by atoms with Crippen molar-refractivity contribution in [2.75, 3.05) is 18.4 Å². The molecule has 0 aromatic heterocycles. The van der Waals surface area contributed by atoms with Crippen LogP contribution in [0.5, 0.6) is 0 Å². The first-order chi connectivity index (χ1) is 8.58. The van der Waals surface area contributed by atoms with Gasteiger partial charge in [0.1, 0.15) is 5.82 Å². The normalized spacial score (nSPS) is 19.6. The van der Waals surface area contributed by atoms with Crippen molar-refractivity contribution >= 4 is 27.5 Å². The maximum atomic E-state index is 13.4. The van der Waals surface area contributed by atoms with Crippen molar-refractivity contribution in [3.05, 3.63) is 28.0 Å². The maximum Gasteiger partial charge on any atom is 0.228 e. The van der Waals surface area contributed by atoms with Crippen molar-refractivity contribution in [2.24, 2.45) is 5.92 Å².